The van der Waals surface area contributed by atoms with Crippen LogP contribution >= 0.6 is 0 Å². The summed E-state index contributed by atoms with van der Waals surface area (Å²) in [5.41, 5.74) is 0.865. The van der Waals surface area contributed by atoms with E-state index in [-0.39, 0.29) is 18.7 Å². The van der Waals surface area contributed by atoms with Crippen LogP contribution < -0.4 is 0 Å². The number of rotatable bonds is 5. The number of carbonyl (C=O) groups excluding carboxylic acids is 1. The molecule has 0 spiro atoms. The Labute approximate surface area is 89.7 Å². The molecule has 0 aliphatic heterocycles. The predicted molar refractivity (Wildman–Crippen MR) is 58.6 cm³/mol. The third kappa shape index (κ3) is 4.21. The third-order valence-corrected chi connectivity index (χ3v) is 2.10. The Balaban J connectivity index is 2.49. The van der Waals surface area contributed by atoms with E-state index in [1.54, 1.807) is 19.0 Å². The molecule has 0 N–H and O–H groups in total. The van der Waals surface area contributed by atoms with Crippen molar-refractivity contribution in [3.05, 3.63) is 35.9 Å². The largest absolute Gasteiger partial charge is 0.306 e. The number of ketones is 1. The van der Waals surface area contributed by atoms with E-state index in [0.717, 1.165) is 5.56 Å². The van der Waals surface area contributed by atoms with Crippen molar-refractivity contribution in [2.45, 2.75) is 12.6 Å². The molecule has 1 rings (SSSR count). The highest BCUT2D eigenvalue weighted by Gasteiger charge is 2.17. The lowest BCUT2D eigenvalue weighted by atomic mass is 10.1. The fraction of sp³-hybridized carbons (Fsp3) is 0.417. The van der Waals surface area contributed by atoms with Crippen LogP contribution in [0.5, 0.6) is 0 Å². The van der Waals surface area contributed by atoms with Gasteiger partial charge in [-0.05, 0) is 19.7 Å². The summed E-state index contributed by atoms with van der Waals surface area (Å²) in [6.45, 7) is 0.158. The molecular formula is C12H16FNO. The second-order valence-corrected chi connectivity index (χ2v) is 3.86. The smallest absolute Gasteiger partial charge is 0.172 e. The molecule has 0 amide bonds. The molecule has 1 aromatic rings. The van der Waals surface area contributed by atoms with Gasteiger partial charge in [0, 0.05) is 13.0 Å². The fourth-order valence-electron chi connectivity index (χ4n) is 1.33. The van der Waals surface area contributed by atoms with Crippen LogP contribution in [0.15, 0.2) is 30.3 Å². The van der Waals surface area contributed by atoms with Crippen molar-refractivity contribution in [3.63, 3.8) is 0 Å². The zero-order chi connectivity index (χ0) is 11.3. The van der Waals surface area contributed by atoms with Gasteiger partial charge in [-0.3, -0.25) is 4.79 Å². The van der Waals surface area contributed by atoms with Gasteiger partial charge < -0.3 is 4.90 Å². The molecule has 0 aromatic heterocycles. The summed E-state index contributed by atoms with van der Waals surface area (Å²) < 4.78 is 13.3. The van der Waals surface area contributed by atoms with E-state index in [9.17, 15) is 9.18 Å². The third-order valence-electron chi connectivity index (χ3n) is 2.10. The Morgan fingerprint density at radius 1 is 1.33 bits per heavy atom. The van der Waals surface area contributed by atoms with E-state index < -0.39 is 6.17 Å². The van der Waals surface area contributed by atoms with Gasteiger partial charge in [0.05, 0.1) is 0 Å². The van der Waals surface area contributed by atoms with Crippen molar-refractivity contribution < 1.29 is 9.18 Å². The lowest BCUT2D eigenvalue weighted by Gasteiger charge is -2.12. The Bertz CT molecular complexity index is 311. The maximum atomic E-state index is 13.3. The molecule has 15 heavy (non-hydrogen) atoms. The molecule has 82 valence electrons. The number of halogens is 1. The average Bonchev–Trinajstić information content (AvgIpc) is 2.18. The van der Waals surface area contributed by atoms with Crippen molar-refractivity contribution in [1.82, 2.24) is 4.90 Å². The van der Waals surface area contributed by atoms with Gasteiger partial charge in [-0.1, -0.05) is 30.3 Å². The number of alkyl halides is 1. The molecule has 0 fully saturated rings. The molecule has 0 aliphatic carbocycles. The summed E-state index contributed by atoms with van der Waals surface area (Å²) in [4.78, 5) is 13.1. The van der Waals surface area contributed by atoms with E-state index in [1.807, 2.05) is 30.3 Å². The number of Topliss-reactive ketones (excluding diaryl/α,β-unsaturated/α-hetero) is 1. The van der Waals surface area contributed by atoms with Crippen molar-refractivity contribution >= 4 is 5.78 Å². The molecule has 1 aromatic carbocycles. The summed E-state index contributed by atoms with van der Waals surface area (Å²) in [7, 11) is 3.50. The SMILES string of the molecule is CN(C)CC(F)C(=O)Cc1ccccc1. The van der Waals surface area contributed by atoms with E-state index in [1.165, 1.54) is 0 Å². The fourth-order valence-corrected chi connectivity index (χ4v) is 1.33. The van der Waals surface area contributed by atoms with Crippen LogP contribution in [0, 0.1) is 0 Å². The van der Waals surface area contributed by atoms with Crippen LogP contribution in [-0.2, 0) is 11.2 Å². The van der Waals surface area contributed by atoms with Crippen LogP contribution in [0.1, 0.15) is 5.56 Å². The Morgan fingerprint density at radius 3 is 2.47 bits per heavy atom. The van der Waals surface area contributed by atoms with Crippen LogP contribution in [0.2, 0.25) is 0 Å². The van der Waals surface area contributed by atoms with Crippen molar-refractivity contribution in [2.24, 2.45) is 0 Å². The molecular weight excluding hydrogens is 193 g/mol. The van der Waals surface area contributed by atoms with Crippen molar-refractivity contribution in [3.8, 4) is 0 Å². The van der Waals surface area contributed by atoms with Gasteiger partial charge in [-0.25, -0.2) is 4.39 Å². The summed E-state index contributed by atoms with van der Waals surface area (Å²) in [6.07, 6.45) is -1.21. The predicted octanol–water partition coefficient (Wildman–Crippen LogP) is 1.70. The van der Waals surface area contributed by atoms with E-state index >= 15 is 0 Å². The summed E-state index contributed by atoms with van der Waals surface area (Å²) >= 11 is 0. The van der Waals surface area contributed by atoms with Gasteiger partial charge >= 0.3 is 0 Å². The van der Waals surface area contributed by atoms with Gasteiger partial charge in [-0.2, -0.15) is 0 Å². The second kappa shape index (κ2) is 5.61. The highest BCUT2D eigenvalue weighted by molar-refractivity contribution is 5.85. The molecule has 0 bridgehead atoms. The van der Waals surface area contributed by atoms with Gasteiger partial charge in [0.15, 0.2) is 12.0 Å². The highest BCUT2D eigenvalue weighted by atomic mass is 19.1. The van der Waals surface area contributed by atoms with Crippen LogP contribution in [0.3, 0.4) is 0 Å². The van der Waals surface area contributed by atoms with E-state index in [2.05, 4.69) is 0 Å². The Morgan fingerprint density at radius 2 is 1.93 bits per heavy atom. The topological polar surface area (TPSA) is 20.3 Å². The molecule has 3 heteroatoms. The molecule has 0 saturated heterocycles. The van der Waals surface area contributed by atoms with Gasteiger partial charge in [-0.15, -0.1) is 0 Å². The van der Waals surface area contributed by atoms with Crippen molar-refractivity contribution in [1.29, 1.82) is 0 Å². The minimum Gasteiger partial charge on any atom is -0.306 e. The number of carbonyl (C=O) groups is 1. The molecule has 0 heterocycles. The molecule has 1 atom stereocenters. The van der Waals surface area contributed by atoms with Crippen LogP contribution in [-0.4, -0.2) is 37.5 Å². The zero-order valence-corrected chi connectivity index (χ0v) is 9.11. The van der Waals surface area contributed by atoms with E-state index in [4.69, 9.17) is 0 Å². The normalized spacial score (nSPS) is 12.8. The molecule has 2 nitrogen and oxygen atoms in total. The maximum Gasteiger partial charge on any atom is 0.172 e. The Kier molecular flexibility index (Phi) is 4.43. The van der Waals surface area contributed by atoms with Gasteiger partial charge in [0.1, 0.15) is 0 Å². The molecule has 1 unspecified atom stereocenters. The number of hydrogen-bond acceptors (Lipinski definition) is 2. The zero-order valence-electron chi connectivity index (χ0n) is 9.11. The number of nitrogens with zero attached hydrogens (tertiary/aromatic N) is 1. The van der Waals surface area contributed by atoms with Gasteiger partial charge in [0.2, 0.25) is 0 Å². The number of hydrogen-bond donors (Lipinski definition) is 0. The summed E-state index contributed by atoms with van der Waals surface area (Å²) in [6, 6.07) is 9.24. The standard InChI is InChI=1S/C12H16FNO/c1-14(2)9-11(13)12(15)8-10-6-4-3-5-7-10/h3-7,11H,8-9H2,1-2H3. The minimum absolute atomic E-state index is 0.158. The Hall–Kier alpha value is -1.22. The van der Waals surface area contributed by atoms with Crippen molar-refractivity contribution in [2.75, 3.05) is 20.6 Å². The number of benzene rings is 1. The monoisotopic (exact) mass is 209 g/mol. The molecule has 0 radical (unpaired) electrons. The van der Waals surface area contributed by atoms with Crippen LogP contribution in [0.4, 0.5) is 4.39 Å². The summed E-state index contributed by atoms with van der Waals surface area (Å²) in [5.74, 6) is -0.352. The first kappa shape index (κ1) is 11.9. The first-order chi connectivity index (χ1) is 7.09. The van der Waals surface area contributed by atoms with Crippen LogP contribution in [0.25, 0.3) is 0 Å². The first-order valence-corrected chi connectivity index (χ1v) is 4.95. The second-order valence-electron chi connectivity index (χ2n) is 3.86. The maximum absolute atomic E-state index is 13.3. The minimum atomic E-state index is -1.39. The average molecular weight is 209 g/mol. The lowest BCUT2D eigenvalue weighted by molar-refractivity contribution is -0.123. The van der Waals surface area contributed by atoms with Gasteiger partial charge in [0.25, 0.3) is 0 Å². The molecule has 0 aliphatic rings. The summed E-state index contributed by atoms with van der Waals surface area (Å²) in [5, 5.41) is 0. The molecule has 0 saturated carbocycles. The van der Waals surface area contributed by atoms with E-state index in [0.29, 0.717) is 0 Å². The lowest BCUT2D eigenvalue weighted by Crippen LogP contribution is -2.30. The quantitative estimate of drug-likeness (QED) is 0.735. The highest BCUT2D eigenvalue weighted by Crippen LogP contribution is 2.04. The first-order valence-electron chi connectivity index (χ1n) is 4.95.